The van der Waals surface area contributed by atoms with Crippen molar-refractivity contribution in [2.45, 2.75) is 12.3 Å². The number of halogens is 1. The van der Waals surface area contributed by atoms with Crippen LogP contribution in [0.15, 0.2) is 42.5 Å². The van der Waals surface area contributed by atoms with Crippen molar-refractivity contribution in [3.8, 4) is 5.75 Å². The molecule has 0 fully saturated rings. The summed E-state index contributed by atoms with van der Waals surface area (Å²) in [6, 6.07) is 13.1. The van der Waals surface area contributed by atoms with Crippen molar-refractivity contribution in [2.75, 3.05) is 12.4 Å². The summed E-state index contributed by atoms with van der Waals surface area (Å²) in [5, 5.41) is 3.67. The molecule has 4 heteroatoms. The van der Waals surface area contributed by atoms with E-state index in [9.17, 15) is 4.79 Å². The van der Waals surface area contributed by atoms with Crippen LogP contribution >= 0.6 is 15.9 Å². The van der Waals surface area contributed by atoms with E-state index >= 15 is 0 Å². The van der Waals surface area contributed by atoms with Crippen LogP contribution in [0.25, 0.3) is 0 Å². The van der Waals surface area contributed by atoms with E-state index in [0.717, 1.165) is 16.6 Å². The number of ether oxygens (including phenoxy) is 1. The Balaban J connectivity index is 2.14. The zero-order valence-electron chi connectivity index (χ0n) is 11.4. The third-order valence-electron chi connectivity index (χ3n) is 3.04. The monoisotopic (exact) mass is 333 g/mol. The van der Waals surface area contributed by atoms with E-state index in [2.05, 4.69) is 21.2 Å². The fourth-order valence-electron chi connectivity index (χ4n) is 1.84. The summed E-state index contributed by atoms with van der Waals surface area (Å²) >= 11 is 3.39. The maximum Gasteiger partial charge on any atom is 0.255 e. The molecule has 0 saturated heterocycles. The van der Waals surface area contributed by atoms with E-state index in [0.29, 0.717) is 11.3 Å². The molecule has 3 nitrogen and oxygen atoms in total. The van der Waals surface area contributed by atoms with Gasteiger partial charge in [0.1, 0.15) is 5.75 Å². The van der Waals surface area contributed by atoms with Gasteiger partial charge in [-0.15, -0.1) is 0 Å². The quantitative estimate of drug-likeness (QED) is 0.853. The molecular weight excluding hydrogens is 318 g/mol. The predicted octanol–water partition coefficient (Wildman–Crippen LogP) is 4.15. The lowest BCUT2D eigenvalue weighted by molar-refractivity contribution is 0.102. The molecule has 2 rings (SSSR count). The van der Waals surface area contributed by atoms with Crippen LogP contribution in [0.5, 0.6) is 5.75 Å². The van der Waals surface area contributed by atoms with Gasteiger partial charge in [-0.1, -0.05) is 34.1 Å². The molecule has 0 spiro atoms. The summed E-state index contributed by atoms with van der Waals surface area (Å²) in [4.78, 5) is 12.2. The second-order valence-corrected chi connectivity index (χ2v) is 5.03. The predicted molar refractivity (Wildman–Crippen MR) is 84.8 cm³/mol. The van der Waals surface area contributed by atoms with Gasteiger partial charge in [-0.2, -0.15) is 0 Å². The Kier molecular flexibility index (Phi) is 4.79. The number of hydrogen-bond acceptors (Lipinski definition) is 2. The zero-order chi connectivity index (χ0) is 14.5. The fourth-order valence-corrected chi connectivity index (χ4v) is 2.22. The van der Waals surface area contributed by atoms with Crippen LogP contribution in [0.2, 0.25) is 0 Å². The van der Waals surface area contributed by atoms with E-state index in [4.69, 9.17) is 4.74 Å². The molecule has 0 radical (unpaired) electrons. The molecule has 0 atom stereocenters. The molecule has 20 heavy (non-hydrogen) atoms. The lowest BCUT2D eigenvalue weighted by Gasteiger charge is -2.09. The number of aryl methyl sites for hydroxylation is 1. The topological polar surface area (TPSA) is 38.3 Å². The molecule has 2 aromatic carbocycles. The Morgan fingerprint density at radius 3 is 2.50 bits per heavy atom. The van der Waals surface area contributed by atoms with Crippen molar-refractivity contribution in [3.05, 3.63) is 59.2 Å². The Bertz CT molecular complexity index is 608. The Hall–Kier alpha value is -1.81. The zero-order valence-corrected chi connectivity index (χ0v) is 13.0. The van der Waals surface area contributed by atoms with Gasteiger partial charge < -0.3 is 10.1 Å². The molecule has 0 bridgehead atoms. The number of anilines is 1. The average molecular weight is 334 g/mol. The van der Waals surface area contributed by atoms with E-state index in [1.54, 1.807) is 19.2 Å². The first kappa shape index (κ1) is 14.6. The number of methoxy groups -OCH3 is 1. The smallest absolute Gasteiger partial charge is 0.255 e. The largest absolute Gasteiger partial charge is 0.496 e. The van der Waals surface area contributed by atoms with Gasteiger partial charge in [-0.25, -0.2) is 0 Å². The van der Waals surface area contributed by atoms with Gasteiger partial charge in [0.15, 0.2) is 0 Å². The number of amides is 1. The average Bonchev–Trinajstić information content (AvgIpc) is 2.48. The molecule has 0 aliphatic heterocycles. The molecule has 1 N–H and O–H groups in total. The van der Waals surface area contributed by atoms with Crippen LogP contribution in [0.4, 0.5) is 5.69 Å². The van der Waals surface area contributed by atoms with E-state index in [-0.39, 0.29) is 5.91 Å². The van der Waals surface area contributed by atoms with Crippen LogP contribution in [-0.4, -0.2) is 13.0 Å². The van der Waals surface area contributed by atoms with Gasteiger partial charge in [-0.05, 0) is 42.3 Å². The lowest BCUT2D eigenvalue weighted by atomic mass is 10.1. The maximum absolute atomic E-state index is 12.2. The summed E-state index contributed by atoms with van der Waals surface area (Å²) in [5.74, 6) is 0.571. The van der Waals surface area contributed by atoms with Crippen molar-refractivity contribution in [2.24, 2.45) is 0 Å². The SMILES string of the molecule is COc1cc(C(=O)Nc2ccc(CBr)cc2)ccc1C. The first-order chi connectivity index (χ1) is 9.63. The third kappa shape index (κ3) is 3.39. The molecule has 0 aliphatic rings. The Labute approximate surface area is 127 Å². The van der Waals surface area contributed by atoms with Gasteiger partial charge in [0.05, 0.1) is 7.11 Å². The van der Waals surface area contributed by atoms with Crippen molar-refractivity contribution < 1.29 is 9.53 Å². The molecule has 1 amide bonds. The van der Waals surface area contributed by atoms with Crippen LogP contribution in [0.1, 0.15) is 21.5 Å². The highest BCUT2D eigenvalue weighted by Crippen LogP contribution is 2.20. The van der Waals surface area contributed by atoms with Gasteiger partial charge in [-0.3, -0.25) is 4.79 Å². The molecule has 104 valence electrons. The van der Waals surface area contributed by atoms with E-state index < -0.39 is 0 Å². The van der Waals surface area contributed by atoms with Crippen molar-refractivity contribution in [1.82, 2.24) is 0 Å². The summed E-state index contributed by atoms with van der Waals surface area (Å²) in [6.45, 7) is 1.94. The number of alkyl halides is 1. The van der Waals surface area contributed by atoms with Crippen LogP contribution < -0.4 is 10.1 Å². The summed E-state index contributed by atoms with van der Waals surface area (Å²) < 4.78 is 5.23. The molecule has 0 unspecified atom stereocenters. The number of carbonyl (C=O) groups excluding carboxylic acids is 1. The van der Waals surface area contributed by atoms with E-state index in [1.165, 1.54) is 5.56 Å². The highest BCUT2D eigenvalue weighted by atomic mass is 79.9. The summed E-state index contributed by atoms with van der Waals surface area (Å²) in [5.41, 5.74) is 3.53. The van der Waals surface area contributed by atoms with Crippen LogP contribution in [0.3, 0.4) is 0 Å². The van der Waals surface area contributed by atoms with E-state index in [1.807, 2.05) is 37.3 Å². The third-order valence-corrected chi connectivity index (χ3v) is 3.68. The molecule has 0 heterocycles. The molecular formula is C16H16BrNO2. The van der Waals surface area contributed by atoms with Gasteiger partial charge in [0.2, 0.25) is 0 Å². The number of carbonyl (C=O) groups is 1. The minimum atomic E-state index is -0.144. The second kappa shape index (κ2) is 6.57. The lowest BCUT2D eigenvalue weighted by Crippen LogP contribution is -2.12. The van der Waals surface area contributed by atoms with Crippen LogP contribution in [-0.2, 0) is 5.33 Å². The Morgan fingerprint density at radius 2 is 1.90 bits per heavy atom. The first-order valence-electron chi connectivity index (χ1n) is 6.25. The van der Waals surface area contributed by atoms with Gasteiger partial charge in [0.25, 0.3) is 5.91 Å². The number of benzene rings is 2. The first-order valence-corrected chi connectivity index (χ1v) is 7.37. The number of hydrogen-bond donors (Lipinski definition) is 1. The minimum absolute atomic E-state index is 0.144. The summed E-state index contributed by atoms with van der Waals surface area (Å²) in [7, 11) is 1.60. The molecule has 0 aromatic heterocycles. The minimum Gasteiger partial charge on any atom is -0.496 e. The number of nitrogens with one attached hydrogen (secondary N) is 1. The summed E-state index contributed by atoms with van der Waals surface area (Å²) in [6.07, 6.45) is 0. The standard InChI is InChI=1S/C16H16BrNO2/c1-11-3-6-13(9-15(11)20-2)16(19)18-14-7-4-12(10-17)5-8-14/h3-9H,10H2,1-2H3,(H,18,19). The van der Waals surface area contributed by atoms with Gasteiger partial charge >= 0.3 is 0 Å². The fraction of sp³-hybridized carbons (Fsp3) is 0.188. The van der Waals surface area contributed by atoms with Crippen LogP contribution in [0, 0.1) is 6.92 Å². The highest BCUT2D eigenvalue weighted by molar-refractivity contribution is 9.08. The normalized spacial score (nSPS) is 10.2. The van der Waals surface area contributed by atoms with Crippen molar-refractivity contribution in [1.29, 1.82) is 0 Å². The van der Waals surface area contributed by atoms with Crippen molar-refractivity contribution in [3.63, 3.8) is 0 Å². The maximum atomic E-state index is 12.2. The molecule has 2 aromatic rings. The van der Waals surface area contributed by atoms with Crippen molar-refractivity contribution >= 4 is 27.5 Å². The van der Waals surface area contributed by atoms with Gasteiger partial charge in [0, 0.05) is 16.6 Å². The molecule has 0 saturated carbocycles. The highest BCUT2D eigenvalue weighted by Gasteiger charge is 2.08. The Morgan fingerprint density at radius 1 is 1.20 bits per heavy atom. The second-order valence-electron chi connectivity index (χ2n) is 4.47. The number of rotatable bonds is 4. The molecule has 0 aliphatic carbocycles.